The minimum atomic E-state index is -0.875. The molecule has 2 aliphatic carbocycles. The molecule has 3 rings (SSSR count). The summed E-state index contributed by atoms with van der Waals surface area (Å²) in [6, 6.07) is 7.52. The van der Waals surface area contributed by atoms with E-state index in [1.54, 1.807) is 0 Å². The van der Waals surface area contributed by atoms with Gasteiger partial charge >= 0.3 is 5.97 Å². The Hall–Kier alpha value is -2.30. The molecule has 0 radical (unpaired) electrons. The lowest BCUT2D eigenvalue weighted by atomic mass is 9.82. The molecule has 0 heterocycles. The van der Waals surface area contributed by atoms with Crippen molar-refractivity contribution in [1.29, 1.82) is 0 Å². The van der Waals surface area contributed by atoms with E-state index >= 15 is 0 Å². The third-order valence-electron chi connectivity index (χ3n) is 4.70. The molecule has 5 heteroatoms. The van der Waals surface area contributed by atoms with E-state index in [4.69, 9.17) is 0 Å². The fraction of sp³-hybridized carbons (Fsp3) is 0.412. The van der Waals surface area contributed by atoms with Crippen molar-refractivity contribution < 1.29 is 14.7 Å². The average molecular weight is 300 g/mol. The van der Waals surface area contributed by atoms with Gasteiger partial charge in [-0.05, 0) is 42.5 Å². The molecular formula is C17H20N2O3. The molecular weight excluding hydrogens is 280 g/mol. The van der Waals surface area contributed by atoms with Gasteiger partial charge in [-0.15, -0.1) is 0 Å². The Morgan fingerprint density at radius 1 is 1.09 bits per heavy atom. The van der Waals surface area contributed by atoms with Crippen molar-refractivity contribution in [2.45, 2.75) is 6.42 Å². The van der Waals surface area contributed by atoms with Crippen molar-refractivity contribution in [3.05, 3.63) is 36.4 Å². The van der Waals surface area contributed by atoms with Crippen molar-refractivity contribution in [1.82, 2.24) is 0 Å². The number of carboxylic acid groups (broad SMARTS) is 1. The van der Waals surface area contributed by atoms with Crippen molar-refractivity contribution >= 4 is 23.3 Å². The zero-order valence-electron chi connectivity index (χ0n) is 12.7. The van der Waals surface area contributed by atoms with E-state index in [2.05, 4.69) is 5.32 Å². The van der Waals surface area contributed by atoms with E-state index in [9.17, 15) is 14.7 Å². The molecule has 0 unspecified atom stereocenters. The fourth-order valence-corrected chi connectivity index (χ4v) is 3.58. The second-order valence-electron chi connectivity index (χ2n) is 6.27. The van der Waals surface area contributed by atoms with Crippen LogP contribution >= 0.6 is 0 Å². The number of aliphatic carboxylic acids is 1. The number of anilines is 2. The Balaban J connectivity index is 1.74. The third kappa shape index (κ3) is 2.47. The number of nitrogens with zero attached hydrogens (tertiary/aromatic N) is 1. The number of amides is 1. The summed E-state index contributed by atoms with van der Waals surface area (Å²) in [5.41, 5.74) is 1.75. The van der Waals surface area contributed by atoms with Crippen LogP contribution in [-0.2, 0) is 9.59 Å². The molecule has 1 aromatic carbocycles. The molecule has 1 aromatic rings. The standard InChI is InChI=1S/C17H20N2O3/c1-19(2)13-7-5-12(6-8-13)18-16(20)14-10-3-4-11(9-10)15(14)17(21)22/h3-8,10-11,14-15H,9H2,1-2H3,(H,18,20)(H,21,22)/t10-,11+,14-,15+/m1/s1. The third-order valence-corrected chi connectivity index (χ3v) is 4.70. The van der Waals surface area contributed by atoms with Crippen LogP contribution in [0.2, 0.25) is 0 Å². The van der Waals surface area contributed by atoms with Gasteiger partial charge in [-0.2, -0.15) is 0 Å². The summed E-state index contributed by atoms with van der Waals surface area (Å²) < 4.78 is 0. The summed E-state index contributed by atoms with van der Waals surface area (Å²) in [5, 5.41) is 12.3. The Morgan fingerprint density at radius 2 is 1.68 bits per heavy atom. The highest BCUT2D eigenvalue weighted by Gasteiger charge is 2.51. The summed E-state index contributed by atoms with van der Waals surface area (Å²) in [6.45, 7) is 0. The van der Waals surface area contributed by atoms with Crippen LogP contribution in [-0.4, -0.2) is 31.1 Å². The molecule has 1 amide bonds. The van der Waals surface area contributed by atoms with Gasteiger partial charge in [-0.3, -0.25) is 9.59 Å². The highest BCUT2D eigenvalue weighted by molar-refractivity contribution is 5.96. The Morgan fingerprint density at radius 3 is 2.23 bits per heavy atom. The molecule has 0 aliphatic heterocycles. The minimum absolute atomic E-state index is 0.00522. The van der Waals surface area contributed by atoms with Gasteiger partial charge < -0.3 is 15.3 Å². The van der Waals surface area contributed by atoms with E-state index in [1.807, 2.05) is 55.4 Å². The van der Waals surface area contributed by atoms with Gasteiger partial charge in [0.2, 0.25) is 5.91 Å². The van der Waals surface area contributed by atoms with Gasteiger partial charge in [-0.1, -0.05) is 12.2 Å². The number of carboxylic acids is 1. The minimum Gasteiger partial charge on any atom is -0.481 e. The lowest BCUT2D eigenvalue weighted by Crippen LogP contribution is -2.36. The van der Waals surface area contributed by atoms with E-state index in [0.29, 0.717) is 5.69 Å². The number of rotatable bonds is 4. The molecule has 2 aliphatic rings. The topological polar surface area (TPSA) is 69.6 Å². The molecule has 116 valence electrons. The van der Waals surface area contributed by atoms with Gasteiger partial charge in [0.1, 0.15) is 0 Å². The molecule has 0 saturated heterocycles. The van der Waals surface area contributed by atoms with Crippen molar-refractivity contribution in [2.24, 2.45) is 23.7 Å². The fourth-order valence-electron chi connectivity index (χ4n) is 3.58. The van der Waals surface area contributed by atoms with Crippen LogP contribution in [0, 0.1) is 23.7 Å². The number of carbonyl (C=O) groups is 2. The number of allylic oxidation sites excluding steroid dienone is 2. The lowest BCUT2D eigenvalue weighted by Gasteiger charge is -2.24. The molecule has 22 heavy (non-hydrogen) atoms. The smallest absolute Gasteiger partial charge is 0.307 e. The van der Waals surface area contributed by atoms with Crippen molar-refractivity contribution in [3.63, 3.8) is 0 Å². The summed E-state index contributed by atoms with van der Waals surface area (Å²) in [5.74, 6) is -2.10. The van der Waals surface area contributed by atoms with Crippen molar-refractivity contribution in [3.8, 4) is 0 Å². The molecule has 4 atom stereocenters. The summed E-state index contributed by atoms with van der Waals surface area (Å²) in [4.78, 5) is 26.0. The normalized spacial score (nSPS) is 28.6. The van der Waals surface area contributed by atoms with E-state index in [1.165, 1.54) is 0 Å². The largest absolute Gasteiger partial charge is 0.481 e. The first-order valence-electron chi connectivity index (χ1n) is 7.47. The summed E-state index contributed by atoms with van der Waals surface area (Å²) in [6.07, 6.45) is 4.71. The molecule has 0 spiro atoms. The quantitative estimate of drug-likeness (QED) is 0.837. The highest BCUT2D eigenvalue weighted by Crippen LogP contribution is 2.48. The van der Waals surface area contributed by atoms with Crippen LogP contribution in [0.15, 0.2) is 36.4 Å². The van der Waals surface area contributed by atoms with Crippen LogP contribution in [0.5, 0.6) is 0 Å². The number of fused-ring (bicyclic) bond motifs is 2. The van der Waals surface area contributed by atoms with Crippen LogP contribution in [0.1, 0.15) is 6.42 Å². The first kappa shape index (κ1) is 14.6. The molecule has 1 fully saturated rings. The van der Waals surface area contributed by atoms with Crippen LogP contribution in [0.4, 0.5) is 11.4 Å². The maximum Gasteiger partial charge on any atom is 0.307 e. The molecule has 2 bridgehead atoms. The predicted octanol–water partition coefficient (Wildman–Crippen LogP) is 2.21. The number of benzene rings is 1. The lowest BCUT2D eigenvalue weighted by molar-refractivity contribution is -0.146. The summed E-state index contributed by atoms with van der Waals surface area (Å²) >= 11 is 0. The van der Waals surface area contributed by atoms with Gasteiger partial charge in [0, 0.05) is 25.5 Å². The number of hydrogen-bond donors (Lipinski definition) is 2. The Bertz CT molecular complexity index is 621. The zero-order valence-corrected chi connectivity index (χ0v) is 12.7. The second-order valence-corrected chi connectivity index (χ2v) is 6.27. The van der Waals surface area contributed by atoms with Gasteiger partial charge in [0.15, 0.2) is 0 Å². The Kier molecular flexibility index (Phi) is 3.64. The molecule has 2 N–H and O–H groups in total. The number of carbonyl (C=O) groups excluding carboxylic acids is 1. The Labute approximate surface area is 129 Å². The van der Waals surface area contributed by atoms with E-state index in [-0.39, 0.29) is 17.7 Å². The van der Waals surface area contributed by atoms with Gasteiger partial charge in [0.25, 0.3) is 0 Å². The van der Waals surface area contributed by atoms with Gasteiger partial charge in [0.05, 0.1) is 11.8 Å². The van der Waals surface area contributed by atoms with Gasteiger partial charge in [-0.25, -0.2) is 0 Å². The molecule has 5 nitrogen and oxygen atoms in total. The summed E-state index contributed by atoms with van der Waals surface area (Å²) in [7, 11) is 3.90. The predicted molar refractivity (Wildman–Crippen MR) is 84.8 cm³/mol. The van der Waals surface area contributed by atoms with Crippen LogP contribution in [0.25, 0.3) is 0 Å². The second kappa shape index (κ2) is 5.48. The van der Waals surface area contributed by atoms with Crippen LogP contribution in [0.3, 0.4) is 0 Å². The van der Waals surface area contributed by atoms with E-state index < -0.39 is 17.8 Å². The van der Waals surface area contributed by atoms with E-state index in [0.717, 1.165) is 12.1 Å². The monoisotopic (exact) mass is 300 g/mol. The SMILES string of the molecule is CN(C)c1ccc(NC(=O)[C@H]2[C@@H](C(=O)O)[C@H]3C=C[C@@H]2C3)cc1. The van der Waals surface area contributed by atoms with Crippen molar-refractivity contribution in [2.75, 3.05) is 24.3 Å². The highest BCUT2D eigenvalue weighted by atomic mass is 16.4. The first-order chi connectivity index (χ1) is 10.5. The first-order valence-corrected chi connectivity index (χ1v) is 7.47. The number of hydrogen-bond acceptors (Lipinski definition) is 3. The van der Waals surface area contributed by atoms with Crippen LogP contribution < -0.4 is 10.2 Å². The average Bonchev–Trinajstić information content (AvgIpc) is 3.08. The number of nitrogens with one attached hydrogen (secondary N) is 1. The molecule has 0 aromatic heterocycles. The maximum atomic E-state index is 12.5. The zero-order chi connectivity index (χ0) is 15.9. The maximum absolute atomic E-state index is 12.5. The molecule has 1 saturated carbocycles.